The Bertz CT molecular complexity index is 573. The van der Waals surface area contributed by atoms with Crippen molar-refractivity contribution < 1.29 is 13.2 Å². The molecule has 0 amide bonds. The molecule has 0 atom stereocenters. The lowest BCUT2D eigenvalue weighted by Gasteiger charge is -2.11. The van der Waals surface area contributed by atoms with Crippen LogP contribution in [-0.4, -0.2) is 15.7 Å². The van der Waals surface area contributed by atoms with Gasteiger partial charge in [-0.15, -0.1) is 11.8 Å². The number of aromatic nitrogens is 2. The topological polar surface area (TPSA) is 37.8 Å². The van der Waals surface area contributed by atoms with Gasteiger partial charge in [0, 0.05) is 11.8 Å². The third kappa shape index (κ3) is 3.86. The van der Waals surface area contributed by atoms with Gasteiger partial charge in [-0.05, 0) is 17.9 Å². The Balaban J connectivity index is 2.34. The maximum Gasteiger partial charge on any atom is 0.433 e. The molecule has 2 aromatic rings. The number of para-hydroxylation sites is 1. The molecule has 3 nitrogen and oxygen atoms in total. The van der Waals surface area contributed by atoms with E-state index in [-0.39, 0.29) is 5.95 Å². The van der Waals surface area contributed by atoms with Crippen molar-refractivity contribution in [3.8, 4) is 0 Å². The zero-order chi connectivity index (χ0) is 14.6. The van der Waals surface area contributed by atoms with Crippen LogP contribution < -0.4 is 5.32 Å². The van der Waals surface area contributed by atoms with Gasteiger partial charge in [0.15, 0.2) is 5.69 Å². The van der Waals surface area contributed by atoms with E-state index >= 15 is 0 Å². The average molecular weight is 299 g/mol. The van der Waals surface area contributed by atoms with Crippen LogP contribution in [0.15, 0.2) is 41.4 Å². The number of hydrogen-bond acceptors (Lipinski definition) is 4. The van der Waals surface area contributed by atoms with Crippen molar-refractivity contribution in [3.63, 3.8) is 0 Å². The normalized spacial score (nSPS) is 11.4. The second-order valence-corrected chi connectivity index (χ2v) is 5.12. The van der Waals surface area contributed by atoms with E-state index in [0.29, 0.717) is 16.5 Å². The van der Waals surface area contributed by atoms with Gasteiger partial charge in [-0.25, -0.2) is 9.97 Å². The SMILES string of the molecule is CCSc1cc(C(F)(F)F)nc(Nc2ccccc2)n1. The van der Waals surface area contributed by atoms with Crippen molar-refractivity contribution in [1.82, 2.24) is 9.97 Å². The zero-order valence-electron chi connectivity index (χ0n) is 10.6. The Hall–Kier alpha value is -1.76. The molecule has 0 spiro atoms. The Kier molecular flexibility index (Phi) is 4.49. The van der Waals surface area contributed by atoms with Gasteiger partial charge < -0.3 is 5.32 Å². The third-order valence-corrected chi connectivity index (χ3v) is 3.11. The summed E-state index contributed by atoms with van der Waals surface area (Å²) in [5.74, 6) is 0.584. The molecule has 0 saturated heterocycles. The van der Waals surface area contributed by atoms with Gasteiger partial charge in [-0.2, -0.15) is 13.2 Å². The average Bonchev–Trinajstić information content (AvgIpc) is 2.39. The third-order valence-electron chi connectivity index (χ3n) is 2.32. The predicted molar refractivity (Wildman–Crippen MR) is 73.2 cm³/mol. The van der Waals surface area contributed by atoms with E-state index in [0.717, 1.165) is 6.07 Å². The molecule has 0 saturated carbocycles. The van der Waals surface area contributed by atoms with Crippen LogP contribution in [0.4, 0.5) is 24.8 Å². The maximum atomic E-state index is 12.8. The van der Waals surface area contributed by atoms with Crippen molar-refractivity contribution in [2.24, 2.45) is 0 Å². The monoisotopic (exact) mass is 299 g/mol. The molecule has 1 aromatic heterocycles. The van der Waals surface area contributed by atoms with Crippen LogP contribution in [0.1, 0.15) is 12.6 Å². The number of anilines is 2. The molecular weight excluding hydrogens is 287 g/mol. The first kappa shape index (κ1) is 14.6. The van der Waals surface area contributed by atoms with Crippen LogP contribution in [0, 0.1) is 0 Å². The largest absolute Gasteiger partial charge is 0.433 e. The number of nitrogens with one attached hydrogen (secondary N) is 1. The van der Waals surface area contributed by atoms with E-state index in [1.54, 1.807) is 24.3 Å². The highest BCUT2D eigenvalue weighted by molar-refractivity contribution is 7.99. The van der Waals surface area contributed by atoms with Crippen molar-refractivity contribution in [3.05, 3.63) is 42.1 Å². The lowest BCUT2D eigenvalue weighted by atomic mass is 10.3. The molecule has 0 aliphatic heterocycles. The fourth-order valence-corrected chi connectivity index (χ4v) is 2.14. The second kappa shape index (κ2) is 6.13. The van der Waals surface area contributed by atoms with Crippen molar-refractivity contribution in [2.75, 3.05) is 11.1 Å². The fraction of sp³-hybridized carbons (Fsp3) is 0.231. The van der Waals surface area contributed by atoms with Crippen molar-refractivity contribution in [2.45, 2.75) is 18.1 Å². The summed E-state index contributed by atoms with van der Waals surface area (Å²) in [4.78, 5) is 7.59. The highest BCUT2D eigenvalue weighted by Gasteiger charge is 2.33. The minimum atomic E-state index is -4.49. The van der Waals surface area contributed by atoms with Crippen LogP contribution in [0.2, 0.25) is 0 Å². The van der Waals surface area contributed by atoms with Gasteiger partial charge in [-0.3, -0.25) is 0 Å². The molecule has 0 aliphatic carbocycles. The van der Waals surface area contributed by atoms with Crippen molar-refractivity contribution in [1.29, 1.82) is 0 Å². The lowest BCUT2D eigenvalue weighted by molar-refractivity contribution is -0.141. The maximum absolute atomic E-state index is 12.8. The van der Waals surface area contributed by atoms with E-state index < -0.39 is 11.9 Å². The Morgan fingerprint density at radius 2 is 1.85 bits per heavy atom. The number of hydrogen-bond donors (Lipinski definition) is 1. The summed E-state index contributed by atoms with van der Waals surface area (Å²) < 4.78 is 38.4. The van der Waals surface area contributed by atoms with E-state index in [2.05, 4.69) is 15.3 Å². The van der Waals surface area contributed by atoms with Crippen LogP contribution in [0.3, 0.4) is 0 Å². The summed E-state index contributed by atoms with van der Waals surface area (Å²) >= 11 is 1.24. The Morgan fingerprint density at radius 3 is 2.45 bits per heavy atom. The quantitative estimate of drug-likeness (QED) is 0.673. The smallest absolute Gasteiger partial charge is 0.324 e. The Morgan fingerprint density at radius 1 is 1.15 bits per heavy atom. The Labute approximate surface area is 118 Å². The molecule has 20 heavy (non-hydrogen) atoms. The van der Waals surface area contributed by atoms with E-state index in [9.17, 15) is 13.2 Å². The number of benzene rings is 1. The number of rotatable bonds is 4. The minimum absolute atomic E-state index is 0.0537. The first-order chi connectivity index (χ1) is 9.49. The molecule has 7 heteroatoms. The molecule has 0 aliphatic rings. The van der Waals surface area contributed by atoms with Gasteiger partial charge in [-0.1, -0.05) is 25.1 Å². The zero-order valence-corrected chi connectivity index (χ0v) is 11.4. The molecule has 1 heterocycles. The molecule has 0 bridgehead atoms. The van der Waals surface area contributed by atoms with E-state index in [1.807, 2.05) is 13.0 Å². The minimum Gasteiger partial charge on any atom is -0.324 e. The van der Waals surface area contributed by atoms with Gasteiger partial charge in [0.1, 0.15) is 5.03 Å². The molecule has 1 aromatic carbocycles. The van der Waals surface area contributed by atoms with Crippen molar-refractivity contribution >= 4 is 23.4 Å². The van der Waals surface area contributed by atoms with Crippen LogP contribution in [0.25, 0.3) is 0 Å². The van der Waals surface area contributed by atoms with E-state index in [4.69, 9.17) is 0 Å². The predicted octanol–water partition coefficient (Wildman–Crippen LogP) is 4.35. The van der Waals surface area contributed by atoms with E-state index in [1.165, 1.54) is 11.8 Å². The molecule has 106 valence electrons. The highest BCUT2D eigenvalue weighted by Crippen LogP contribution is 2.31. The molecule has 1 N–H and O–H groups in total. The summed E-state index contributed by atoms with van der Waals surface area (Å²) in [6.07, 6.45) is -4.49. The molecule has 0 unspecified atom stereocenters. The molecule has 0 fully saturated rings. The van der Waals surface area contributed by atoms with Crippen LogP contribution in [-0.2, 0) is 6.18 Å². The fourth-order valence-electron chi connectivity index (χ4n) is 1.50. The second-order valence-electron chi connectivity index (χ2n) is 3.84. The van der Waals surface area contributed by atoms with Gasteiger partial charge in [0.2, 0.25) is 5.95 Å². The van der Waals surface area contributed by atoms with Gasteiger partial charge >= 0.3 is 6.18 Å². The number of halogens is 3. The highest BCUT2D eigenvalue weighted by atomic mass is 32.2. The summed E-state index contributed by atoms with van der Waals surface area (Å²) in [5, 5.41) is 3.08. The number of nitrogens with zero attached hydrogens (tertiary/aromatic N) is 2. The first-order valence-corrected chi connectivity index (χ1v) is 6.88. The number of thioether (sulfide) groups is 1. The van der Waals surface area contributed by atoms with Gasteiger partial charge in [0.25, 0.3) is 0 Å². The van der Waals surface area contributed by atoms with Crippen LogP contribution >= 0.6 is 11.8 Å². The summed E-state index contributed by atoms with van der Waals surface area (Å²) in [7, 11) is 0. The molecule has 0 radical (unpaired) electrons. The van der Waals surface area contributed by atoms with Crippen LogP contribution in [0.5, 0.6) is 0 Å². The van der Waals surface area contributed by atoms with Gasteiger partial charge in [0.05, 0.1) is 0 Å². The molecular formula is C13H12F3N3S. The standard InChI is InChI=1S/C13H12F3N3S/c1-2-20-11-8-10(13(14,15)16)18-12(19-11)17-9-6-4-3-5-7-9/h3-8H,2H2,1H3,(H,17,18,19). The molecule has 2 rings (SSSR count). The lowest BCUT2D eigenvalue weighted by Crippen LogP contribution is -2.11. The summed E-state index contributed by atoms with van der Waals surface area (Å²) in [6.45, 7) is 1.85. The summed E-state index contributed by atoms with van der Waals surface area (Å²) in [6, 6.07) is 9.79. The summed E-state index contributed by atoms with van der Waals surface area (Å²) in [5.41, 5.74) is -0.304. The number of alkyl halides is 3. The first-order valence-electron chi connectivity index (χ1n) is 5.90.